The van der Waals surface area contributed by atoms with Gasteiger partial charge in [-0.25, -0.2) is 0 Å². The molecule has 0 heterocycles. The first kappa shape index (κ1) is 10.2. The maximum absolute atomic E-state index is 8.73. The van der Waals surface area contributed by atoms with Gasteiger partial charge in [0, 0.05) is 6.07 Å². The summed E-state index contributed by atoms with van der Waals surface area (Å²) in [6.45, 7) is 2.33. The average Bonchev–Trinajstić information content (AvgIpc) is 2.11. The predicted octanol–water partition coefficient (Wildman–Crippen LogP) is 3.26. The van der Waals surface area contributed by atoms with Crippen molar-refractivity contribution >= 4 is 23.2 Å². The number of halogens is 2. The van der Waals surface area contributed by atoms with Crippen molar-refractivity contribution in [3.8, 4) is 11.8 Å². The summed E-state index contributed by atoms with van der Waals surface area (Å²) in [5, 5.41) is 9.48. The van der Waals surface area contributed by atoms with Gasteiger partial charge in [0.25, 0.3) is 0 Å². The van der Waals surface area contributed by atoms with Gasteiger partial charge in [-0.05, 0) is 13.0 Å². The van der Waals surface area contributed by atoms with Crippen LogP contribution < -0.4 is 4.74 Å². The van der Waals surface area contributed by atoms with Gasteiger partial charge < -0.3 is 4.74 Å². The number of benzene rings is 1. The molecule has 0 spiro atoms. The van der Waals surface area contributed by atoms with Crippen molar-refractivity contribution < 1.29 is 4.74 Å². The summed E-state index contributed by atoms with van der Waals surface area (Å²) in [5.74, 6) is 0.472. The van der Waals surface area contributed by atoms with Gasteiger partial charge in [0.15, 0.2) is 0 Å². The largest absolute Gasteiger partial charge is 0.492 e. The van der Waals surface area contributed by atoms with Crippen molar-refractivity contribution in [3.05, 3.63) is 27.7 Å². The van der Waals surface area contributed by atoms with Crippen LogP contribution in [0.4, 0.5) is 0 Å². The Kier molecular flexibility index (Phi) is 3.41. The molecule has 1 rings (SSSR count). The fraction of sp³-hybridized carbons (Fsp3) is 0.222. The van der Waals surface area contributed by atoms with E-state index in [2.05, 4.69) is 0 Å². The van der Waals surface area contributed by atoms with E-state index in [4.69, 9.17) is 33.2 Å². The topological polar surface area (TPSA) is 33.0 Å². The molecule has 13 heavy (non-hydrogen) atoms. The molecule has 0 aliphatic carbocycles. The summed E-state index contributed by atoms with van der Waals surface area (Å²) in [4.78, 5) is 0. The first-order chi connectivity index (χ1) is 6.19. The van der Waals surface area contributed by atoms with Crippen molar-refractivity contribution in [2.45, 2.75) is 6.92 Å². The summed E-state index contributed by atoms with van der Waals surface area (Å²) in [6, 6.07) is 5.02. The van der Waals surface area contributed by atoms with Crippen molar-refractivity contribution in [2.75, 3.05) is 6.61 Å². The standard InChI is InChI=1S/C9H7Cl2NO/c1-2-13-9-4-8(11)7(10)3-6(9)5-12/h3-4H,2H2,1H3. The lowest BCUT2D eigenvalue weighted by Gasteiger charge is -2.06. The average molecular weight is 216 g/mol. The molecule has 0 fully saturated rings. The van der Waals surface area contributed by atoms with E-state index in [1.165, 1.54) is 6.07 Å². The maximum atomic E-state index is 8.73. The third kappa shape index (κ3) is 2.27. The molecule has 0 saturated carbocycles. The molecule has 0 bridgehead atoms. The second-order valence-corrected chi connectivity index (χ2v) is 3.12. The fourth-order valence-corrected chi connectivity index (χ4v) is 1.21. The Morgan fingerprint density at radius 1 is 1.38 bits per heavy atom. The minimum Gasteiger partial charge on any atom is -0.492 e. The molecule has 0 amide bonds. The second-order valence-electron chi connectivity index (χ2n) is 2.31. The molecule has 1 aromatic carbocycles. The number of hydrogen-bond acceptors (Lipinski definition) is 2. The SMILES string of the molecule is CCOc1cc(Cl)c(Cl)cc1C#N. The number of nitrogens with zero attached hydrogens (tertiary/aromatic N) is 1. The zero-order valence-electron chi connectivity index (χ0n) is 6.97. The van der Waals surface area contributed by atoms with E-state index in [1.54, 1.807) is 6.07 Å². The van der Waals surface area contributed by atoms with E-state index in [-0.39, 0.29) is 0 Å². The van der Waals surface area contributed by atoms with Gasteiger partial charge in [-0.2, -0.15) is 5.26 Å². The van der Waals surface area contributed by atoms with Gasteiger partial charge in [-0.15, -0.1) is 0 Å². The fourth-order valence-electron chi connectivity index (χ4n) is 0.891. The van der Waals surface area contributed by atoms with Crippen LogP contribution in [0.3, 0.4) is 0 Å². The maximum Gasteiger partial charge on any atom is 0.138 e. The molecule has 2 nitrogen and oxygen atoms in total. The number of nitriles is 1. The van der Waals surface area contributed by atoms with Crippen LogP contribution in [0.5, 0.6) is 5.75 Å². The van der Waals surface area contributed by atoms with E-state index in [9.17, 15) is 0 Å². The van der Waals surface area contributed by atoms with Crippen LogP contribution in [0.25, 0.3) is 0 Å². The molecule has 0 unspecified atom stereocenters. The Hall–Kier alpha value is -0.910. The molecule has 0 radical (unpaired) electrons. The highest BCUT2D eigenvalue weighted by molar-refractivity contribution is 6.42. The molecule has 68 valence electrons. The molecular weight excluding hydrogens is 209 g/mol. The van der Waals surface area contributed by atoms with Crippen LogP contribution in [0.1, 0.15) is 12.5 Å². The van der Waals surface area contributed by atoms with Crippen molar-refractivity contribution in [2.24, 2.45) is 0 Å². The van der Waals surface area contributed by atoms with Gasteiger partial charge in [0.1, 0.15) is 11.8 Å². The third-order valence-electron chi connectivity index (χ3n) is 1.44. The zero-order valence-corrected chi connectivity index (χ0v) is 8.49. The Bertz CT molecular complexity index is 357. The summed E-state index contributed by atoms with van der Waals surface area (Å²) in [7, 11) is 0. The highest BCUT2D eigenvalue weighted by atomic mass is 35.5. The lowest BCUT2D eigenvalue weighted by atomic mass is 10.2. The zero-order chi connectivity index (χ0) is 9.84. The monoisotopic (exact) mass is 215 g/mol. The lowest BCUT2D eigenvalue weighted by Crippen LogP contribution is -1.94. The Labute approximate surface area is 86.6 Å². The van der Waals surface area contributed by atoms with Gasteiger partial charge in [-0.3, -0.25) is 0 Å². The molecule has 0 aliphatic heterocycles. The van der Waals surface area contributed by atoms with Crippen LogP contribution in [-0.4, -0.2) is 6.61 Å². The number of rotatable bonds is 2. The molecule has 0 aromatic heterocycles. The molecular formula is C9H7Cl2NO. The molecule has 0 N–H and O–H groups in total. The first-order valence-electron chi connectivity index (χ1n) is 3.71. The van der Waals surface area contributed by atoms with Crippen LogP contribution in [-0.2, 0) is 0 Å². The second kappa shape index (κ2) is 4.36. The van der Waals surface area contributed by atoms with E-state index in [0.717, 1.165) is 0 Å². The van der Waals surface area contributed by atoms with Crippen LogP contribution in [0.15, 0.2) is 12.1 Å². The van der Waals surface area contributed by atoms with Gasteiger partial charge in [-0.1, -0.05) is 23.2 Å². The smallest absolute Gasteiger partial charge is 0.138 e. The summed E-state index contributed by atoms with van der Waals surface area (Å²) in [5.41, 5.74) is 0.399. The number of ether oxygens (including phenoxy) is 1. The molecule has 0 atom stereocenters. The molecule has 0 saturated heterocycles. The van der Waals surface area contributed by atoms with E-state index in [0.29, 0.717) is 28.0 Å². The van der Waals surface area contributed by atoms with Gasteiger partial charge in [0.2, 0.25) is 0 Å². The van der Waals surface area contributed by atoms with Crippen molar-refractivity contribution in [3.63, 3.8) is 0 Å². The Balaban J connectivity index is 3.18. The Morgan fingerprint density at radius 3 is 2.54 bits per heavy atom. The van der Waals surface area contributed by atoms with Crippen LogP contribution >= 0.6 is 23.2 Å². The normalized spacial score (nSPS) is 9.38. The van der Waals surface area contributed by atoms with Gasteiger partial charge >= 0.3 is 0 Å². The predicted molar refractivity (Wildman–Crippen MR) is 52.3 cm³/mol. The van der Waals surface area contributed by atoms with Gasteiger partial charge in [0.05, 0.1) is 22.2 Å². The van der Waals surface area contributed by atoms with Crippen molar-refractivity contribution in [1.29, 1.82) is 5.26 Å². The van der Waals surface area contributed by atoms with E-state index >= 15 is 0 Å². The lowest BCUT2D eigenvalue weighted by molar-refractivity contribution is 0.339. The quantitative estimate of drug-likeness (QED) is 0.759. The van der Waals surface area contributed by atoms with E-state index < -0.39 is 0 Å². The number of hydrogen-bond donors (Lipinski definition) is 0. The molecule has 0 aliphatic rings. The van der Waals surface area contributed by atoms with Crippen molar-refractivity contribution in [1.82, 2.24) is 0 Å². The molecule has 1 aromatic rings. The minimum absolute atomic E-state index is 0.363. The van der Waals surface area contributed by atoms with Crippen LogP contribution in [0, 0.1) is 11.3 Å². The Morgan fingerprint density at radius 2 is 2.00 bits per heavy atom. The van der Waals surface area contributed by atoms with Crippen LogP contribution in [0.2, 0.25) is 10.0 Å². The summed E-state index contributed by atoms with van der Waals surface area (Å²) >= 11 is 11.5. The minimum atomic E-state index is 0.363. The first-order valence-corrected chi connectivity index (χ1v) is 4.46. The summed E-state index contributed by atoms with van der Waals surface area (Å²) in [6.07, 6.45) is 0. The highest BCUT2D eigenvalue weighted by Crippen LogP contribution is 2.30. The highest BCUT2D eigenvalue weighted by Gasteiger charge is 2.07. The third-order valence-corrected chi connectivity index (χ3v) is 2.16. The molecule has 4 heteroatoms. The van der Waals surface area contributed by atoms with E-state index in [1.807, 2.05) is 13.0 Å². The summed E-state index contributed by atoms with van der Waals surface area (Å²) < 4.78 is 5.20.